The Balaban J connectivity index is 1.74. The van der Waals surface area contributed by atoms with Gasteiger partial charge < -0.3 is 4.90 Å². The highest BCUT2D eigenvalue weighted by molar-refractivity contribution is 7.89. The first-order valence-corrected chi connectivity index (χ1v) is 11.2. The van der Waals surface area contributed by atoms with Crippen LogP contribution < -0.4 is 4.72 Å². The number of carbonyl (C=O) groups excluding carboxylic acids is 1. The molecule has 0 aliphatic carbocycles. The fourth-order valence-corrected chi connectivity index (χ4v) is 4.29. The van der Waals surface area contributed by atoms with Gasteiger partial charge in [-0.1, -0.05) is 60.2 Å². The van der Waals surface area contributed by atoms with Gasteiger partial charge in [-0.2, -0.15) is 0 Å². The molecule has 0 bridgehead atoms. The van der Waals surface area contributed by atoms with Gasteiger partial charge in [0, 0.05) is 25.7 Å². The van der Waals surface area contributed by atoms with Crippen molar-refractivity contribution in [2.75, 3.05) is 7.05 Å². The first-order chi connectivity index (χ1) is 14.3. The summed E-state index contributed by atoms with van der Waals surface area (Å²) in [5.41, 5.74) is 4.55. The molecule has 0 saturated heterocycles. The number of amides is 1. The van der Waals surface area contributed by atoms with E-state index in [2.05, 4.69) is 10.8 Å². The maximum atomic E-state index is 12.9. The van der Waals surface area contributed by atoms with Crippen LogP contribution in [0.2, 0.25) is 0 Å². The molecule has 0 heterocycles. The first-order valence-electron chi connectivity index (χ1n) is 9.71. The molecule has 3 aromatic rings. The number of carbonyl (C=O) groups is 1. The van der Waals surface area contributed by atoms with Crippen LogP contribution in [0.25, 0.3) is 0 Å². The third-order valence-electron chi connectivity index (χ3n) is 4.95. The van der Waals surface area contributed by atoms with E-state index >= 15 is 0 Å². The molecule has 1 N–H and O–H groups in total. The minimum Gasteiger partial charge on any atom is -0.337 e. The van der Waals surface area contributed by atoms with Gasteiger partial charge >= 0.3 is 0 Å². The lowest BCUT2D eigenvalue weighted by Gasteiger charge is -2.19. The number of sulfonamides is 1. The average Bonchev–Trinajstić information content (AvgIpc) is 2.74. The van der Waals surface area contributed by atoms with E-state index in [4.69, 9.17) is 0 Å². The standard InChI is InChI=1S/C24H26N2O3S/c1-18-12-13-22(19(2)14-18)17-26(3)24(27)21-10-7-11-23(15-21)30(28,29)25-16-20-8-5-4-6-9-20/h4-15,25H,16-17H2,1-3H3. The van der Waals surface area contributed by atoms with E-state index in [0.717, 1.165) is 16.7 Å². The van der Waals surface area contributed by atoms with Crippen molar-refractivity contribution in [3.05, 3.63) is 101 Å². The van der Waals surface area contributed by atoms with Gasteiger partial charge in [0.2, 0.25) is 10.0 Å². The van der Waals surface area contributed by atoms with Crippen LogP contribution in [0.15, 0.2) is 77.7 Å². The number of benzene rings is 3. The second-order valence-corrected chi connectivity index (χ2v) is 9.20. The molecule has 0 fully saturated rings. The molecular formula is C24H26N2O3S. The van der Waals surface area contributed by atoms with Crippen molar-refractivity contribution < 1.29 is 13.2 Å². The Bertz CT molecular complexity index is 1140. The highest BCUT2D eigenvalue weighted by Gasteiger charge is 2.18. The monoisotopic (exact) mass is 422 g/mol. The van der Waals surface area contributed by atoms with Crippen molar-refractivity contribution in [2.45, 2.75) is 31.8 Å². The predicted molar refractivity (Wildman–Crippen MR) is 119 cm³/mol. The van der Waals surface area contributed by atoms with Crippen molar-refractivity contribution in [1.29, 1.82) is 0 Å². The summed E-state index contributed by atoms with van der Waals surface area (Å²) in [6.07, 6.45) is 0. The molecule has 6 heteroatoms. The number of aryl methyl sites for hydroxylation is 2. The summed E-state index contributed by atoms with van der Waals surface area (Å²) in [6, 6.07) is 21.6. The van der Waals surface area contributed by atoms with Gasteiger partial charge in [0.25, 0.3) is 5.91 Å². The molecule has 0 radical (unpaired) electrons. The zero-order valence-corrected chi connectivity index (χ0v) is 18.2. The minimum atomic E-state index is -3.73. The zero-order valence-electron chi connectivity index (χ0n) is 17.4. The van der Waals surface area contributed by atoms with Crippen LogP contribution in [0.5, 0.6) is 0 Å². The van der Waals surface area contributed by atoms with Gasteiger partial charge in [-0.25, -0.2) is 13.1 Å². The second-order valence-electron chi connectivity index (χ2n) is 7.43. The second kappa shape index (κ2) is 9.24. The molecule has 30 heavy (non-hydrogen) atoms. The first kappa shape index (κ1) is 21.7. The van der Waals surface area contributed by atoms with Crippen molar-refractivity contribution in [3.63, 3.8) is 0 Å². The van der Waals surface area contributed by atoms with Crippen molar-refractivity contribution >= 4 is 15.9 Å². The smallest absolute Gasteiger partial charge is 0.253 e. The van der Waals surface area contributed by atoms with Crippen LogP contribution in [0, 0.1) is 13.8 Å². The van der Waals surface area contributed by atoms with Crippen molar-refractivity contribution in [1.82, 2.24) is 9.62 Å². The third-order valence-corrected chi connectivity index (χ3v) is 6.35. The molecule has 1 amide bonds. The lowest BCUT2D eigenvalue weighted by Crippen LogP contribution is -2.27. The van der Waals surface area contributed by atoms with Crippen molar-refractivity contribution in [2.24, 2.45) is 0 Å². The summed E-state index contributed by atoms with van der Waals surface area (Å²) < 4.78 is 28.0. The summed E-state index contributed by atoms with van der Waals surface area (Å²) in [7, 11) is -2.01. The SMILES string of the molecule is Cc1ccc(CN(C)C(=O)c2cccc(S(=O)(=O)NCc3ccccc3)c2)c(C)c1. The van der Waals surface area contributed by atoms with Gasteiger partial charge in [-0.15, -0.1) is 0 Å². The Morgan fingerprint density at radius 3 is 2.37 bits per heavy atom. The van der Waals surface area contributed by atoms with Gasteiger partial charge in [0.15, 0.2) is 0 Å². The minimum absolute atomic E-state index is 0.0733. The zero-order chi connectivity index (χ0) is 21.7. The Labute approximate surface area is 178 Å². The number of hydrogen-bond donors (Lipinski definition) is 1. The molecule has 0 unspecified atom stereocenters. The molecule has 0 aliphatic rings. The lowest BCUT2D eigenvalue weighted by atomic mass is 10.1. The molecule has 0 spiro atoms. The van der Waals surface area contributed by atoms with E-state index in [1.54, 1.807) is 24.1 Å². The molecule has 156 valence electrons. The van der Waals surface area contributed by atoms with Crippen LogP contribution in [-0.4, -0.2) is 26.3 Å². The maximum Gasteiger partial charge on any atom is 0.253 e. The summed E-state index contributed by atoms with van der Waals surface area (Å²) in [6.45, 7) is 4.69. The number of hydrogen-bond acceptors (Lipinski definition) is 3. The summed E-state index contributed by atoms with van der Waals surface area (Å²) in [5.74, 6) is -0.227. The molecule has 0 atom stereocenters. The van der Waals surface area contributed by atoms with Crippen LogP contribution in [0.1, 0.15) is 32.6 Å². The Kier molecular flexibility index (Phi) is 6.70. The van der Waals surface area contributed by atoms with Gasteiger partial charge in [0.1, 0.15) is 0 Å². The summed E-state index contributed by atoms with van der Waals surface area (Å²) >= 11 is 0. The van der Waals surface area contributed by atoms with E-state index in [-0.39, 0.29) is 17.3 Å². The van der Waals surface area contributed by atoms with Crippen LogP contribution in [0.4, 0.5) is 0 Å². The van der Waals surface area contributed by atoms with Crippen LogP contribution in [0.3, 0.4) is 0 Å². The third kappa shape index (κ3) is 5.34. The van der Waals surface area contributed by atoms with Gasteiger partial charge in [-0.3, -0.25) is 4.79 Å². The number of nitrogens with one attached hydrogen (secondary N) is 1. The van der Waals surface area contributed by atoms with E-state index < -0.39 is 10.0 Å². The van der Waals surface area contributed by atoms with E-state index in [9.17, 15) is 13.2 Å². The van der Waals surface area contributed by atoms with Crippen molar-refractivity contribution in [3.8, 4) is 0 Å². The molecule has 0 aliphatic heterocycles. The highest BCUT2D eigenvalue weighted by atomic mass is 32.2. The molecular weight excluding hydrogens is 396 g/mol. The molecule has 0 aromatic heterocycles. The quantitative estimate of drug-likeness (QED) is 0.625. The lowest BCUT2D eigenvalue weighted by molar-refractivity contribution is 0.0784. The number of nitrogens with zero attached hydrogens (tertiary/aromatic N) is 1. The number of rotatable bonds is 7. The fraction of sp³-hybridized carbons (Fsp3) is 0.208. The van der Waals surface area contributed by atoms with Gasteiger partial charge in [0.05, 0.1) is 4.90 Å². The molecule has 0 saturated carbocycles. The van der Waals surface area contributed by atoms with Crippen LogP contribution in [-0.2, 0) is 23.1 Å². The van der Waals surface area contributed by atoms with E-state index in [1.165, 1.54) is 17.7 Å². The Hall–Kier alpha value is -2.96. The average molecular weight is 423 g/mol. The van der Waals surface area contributed by atoms with E-state index in [1.807, 2.05) is 56.3 Å². The molecule has 3 aromatic carbocycles. The van der Waals surface area contributed by atoms with E-state index in [0.29, 0.717) is 12.1 Å². The van der Waals surface area contributed by atoms with Gasteiger partial charge in [-0.05, 0) is 48.7 Å². The van der Waals surface area contributed by atoms with Crippen LogP contribution >= 0.6 is 0 Å². The normalized spacial score (nSPS) is 11.3. The largest absolute Gasteiger partial charge is 0.337 e. The molecule has 3 rings (SSSR count). The predicted octanol–water partition coefficient (Wildman–Crippen LogP) is 4.05. The summed E-state index contributed by atoms with van der Waals surface area (Å²) in [5, 5.41) is 0. The highest BCUT2D eigenvalue weighted by Crippen LogP contribution is 2.17. The molecule has 5 nitrogen and oxygen atoms in total. The Morgan fingerprint density at radius 1 is 0.933 bits per heavy atom. The topological polar surface area (TPSA) is 66.5 Å². The Morgan fingerprint density at radius 2 is 1.67 bits per heavy atom. The summed E-state index contributed by atoms with van der Waals surface area (Å²) in [4.78, 5) is 14.6. The maximum absolute atomic E-state index is 12.9. The fourth-order valence-electron chi connectivity index (χ4n) is 3.22.